The second-order valence-corrected chi connectivity index (χ2v) is 9.37. The summed E-state index contributed by atoms with van der Waals surface area (Å²) in [6.45, 7) is 3.89. The van der Waals surface area contributed by atoms with Crippen LogP contribution in [0.5, 0.6) is 0 Å². The SMILES string of the molecule is O=C(Nc1ccc(S(=O)(=O)Nc2cccc(F)c2)cc1)c1cccc(CN2CCOCC2)c1. The summed E-state index contributed by atoms with van der Waals surface area (Å²) in [5, 5.41) is 2.79. The van der Waals surface area contributed by atoms with Gasteiger partial charge in [-0.05, 0) is 60.2 Å². The maximum Gasteiger partial charge on any atom is 0.261 e. The van der Waals surface area contributed by atoms with Crippen LogP contribution < -0.4 is 10.0 Å². The highest BCUT2D eigenvalue weighted by Gasteiger charge is 2.16. The molecule has 172 valence electrons. The minimum Gasteiger partial charge on any atom is -0.379 e. The third-order valence-electron chi connectivity index (χ3n) is 5.20. The number of carbonyl (C=O) groups is 1. The van der Waals surface area contributed by atoms with E-state index >= 15 is 0 Å². The van der Waals surface area contributed by atoms with Gasteiger partial charge in [0.05, 0.1) is 23.8 Å². The molecule has 33 heavy (non-hydrogen) atoms. The van der Waals surface area contributed by atoms with Crippen LogP contribution in [0.1, 0.15) is 15.9 Å². The highest BCUT2D eigenvalue weighted by molar-refractivity contribution is 7.92. The predicted octanol–water partition coefficient (Wildman–Crippen LogP) is 3.71. The first kappa shape index (κ1) is 22.9. The number of halogens is 1. The Kier molecular flexibility index (Phi) is 7.02. The molecule has 0 aromatic heterocycles. The van der Waals surface area contributed by atoms with Gasteiger partial charge in [0.1, 0.15) is 5.82 Å². The van der Waals surface area contributed by atoms with Crippen LogP contribution in [0.15, 0.2) is 77.7 Å². The molecule has 0 radical (unpaired) electrons. The molecule has 1 saturated heterocycles. The van der Waals surface area contributed by atoms with Crippen molar-refractivity contribution in [3.8, 4) is 0 Å². The highest BCUT2D eigenvalue weighted by Crippen LogP contribution is 2.20. The lowest BCUT2D eigenvalue weighted by Gasteiger charge is -2.26. The Morgan fingerprint density at radius 2 is 1.67 bits per heavy atom. The molecule has 7 nitrogen and oxygen atoms in total. The van der Waals surface area contributed by atoms with Crippen molar-refractivity contribution in [2.75, 3.05) is 36.3 Å². The van der Waals surface area contributed by atoms with E-state index < -0.39 is 15.8 Å². The number of hydrogen-bond acceptors (Lipinski definition) is 5. The van der Waals surface area contributed by atoms with Crippen LogP contribution in [0.2, 0.25) is 0 Å². The predicted molar refractivity (Wildman–Crippen MR) is 124 cm³/mol. The number of ether oxygens (including phenoxy) is 1. The van der Waals surface area contributed by atoms with E-state index in [2.05, 4.69) is 14.9 Å². The van der Waals surface area contributed by atoms with Crippen LogP contribution >= 0.6 is 0 Å². The molecular weight excluding hydrogens is 445 g/mol. The first-order valence-electron chi connectivity index (χ1n) is 10.5. The van der Waals surface area contributed by atoms with Crippen molar-refractivity contribution in [1.82, 2.24) is 4.90 Å². The van der Waals surface area contributed by atoms with Gasteiger partial charge in [-0.2, -0.15) is 0 Å². The summed E-state index contributed by atoms with van der Waals surface area (Å²) in [4.78, 5) is 15.0. The fourth-order valence-corrected chi connectivity index (χ4v) is 4.56. The number of amides is 1. The molecule has 0 saturated carbocycles. The third-order valence-corrected chi connectivity index (χ3v) is 6.60. The highest BCUT2D eigenvalue weighted by atomic mass is 32.2. The average molecular weight is 470 g/mol. The summed E-state index contributed by atoms with van der Waals surface area (Å²) in [5.74, 6) is -0.824. The summed E-state index contributed by atoms with van der Waals surface area (Å²) >= 11 is 0. The number of benzene rings is 3. The Labute approximate surface area is 192 Å². The third kappa shape index (κ3) is 6.16. The number of hydrogen-bond donors (Lipinski definition) is 2. The molecule has 2 N–H and O–H groups in total. The van der Waals surface area contributed by atoms with E-state index in [0.29, 0.717) is 24.5 Å². The van der Waals surface area contributed by atoms with Gasteiger partial charge in [-0.15, -0.1) is 0 Å². The van der Waals surface area contributed by atoms with E-state index in [1.165, 1.54) is 42.5 Å². The molecule has 1 fully saturated rings. The summed E-state index contributed by atoms with van der Waals surface area (Å²) < 4.78 is 46.1. The lowest BCUT2D eigenvalue weighted by molar-refractivity contribution is 0.0342. The zero-order valence-corrected chi connectivity index (χ0v) is 18.6. The molecule has 0 aliphatic carbocycles. The number of morpholine rings is 1. The van der Waals surface area contributed by atoms with Gasteiger partial charge in [0.2, 0.25) is 0 Å². The molecule has 3 aromatic rings. The molecule has 0 bridgehead atoms. The number of nitrogens with one attached hydrogen (secondary N) is 2. The molecule has 1 aliphatic heterocycles. The summed E-state index contributed by atoms with van der Waals surface area (Å²) in [6, 6.07) is 18.4. The lowest BCUT2D eigenvalue weighted by atomic mass is 10.1. The van der Waals surface area contributed by atoms with Crippen LogP contribution in [-0.4, -0.2) is 45.5 Å². The first-order chi connectivity index (χ1) is 15.9. The average Bonchev–Trinajstić information content (AvgIpc) is 2.80. The van der Waals surface area contributed by atoms with Crippen LogP contribution in [0.3, 0.4) is 0 Å². The zero-order chi connectivity index (χ0) is 23.3. The number of carbonyl (C=O) groups excluding carboxylic acids is 1. The monoisotopic (exact) mass is 469 g/mol. The minimum absolute atomic E-state index is 0.00253. The lowest BCUT2D eigenvalue weighted by Crippen LogP contribution is -2.35. The van der Waals surface area contributed by atoms with Crippen LogP contribution in [0, 0.1) is 5.82 Å². The van der Waals surface area contributed by atoms with Gasteiger partial charge >= 0.3 is 0 Å². The fraction of sp³-hybridized carbons (Fsp3) is 0.208. The van der Waals surface area contributed by atoms with Gasteiger partial charge in [-0.25, -0.2) is 12.8 Å². The van der Waals surface area contributed by atoms with E-state index in [1.807, 2.05) is 18.2 Å². The fourth-order valence-electron chi connectivity index (χ4n) is 3.52. The van der Waals surface area contributed by atoms with E-state index in [0.717, 1.165) is 31.3 Å². The van der Waals surface area contributed by atoms with Crippen molar-refractivity contribution in [3.63, 3.8) is 0 Å². The number of rotatable bonds is 7. The van der Waals surface area contributed by atoms with Gasteiger partial charge in [0, 0.05) is 30.9 Å². The zero-order valence-electron chi connectivity index (χ0n) is 17.8. The van der Waals surface area contributed by atoms with E-state index in [1.54, 1.807) is 6.07 Å². The Morgan fingerprint density at radius 3 is 2.39 bits per heavy atom. The Hall–Kier alpha value is -3.27. The smallest absolute Gasteiger partial charge is 0.261 e. The number of nitrogens with zero attached hydrogens (tertiary/aromatic N) is 1. The molecule has 0 unspecified atom stereocenters. The Morgan fingerprint density at radius 1 is 0.939 bits per heavy atom. The second kappa shape index (κ2) is 10.1. The summed E-state index contributed by atoms with van der Waals surface area (Å²) in [5.41, 5.74) is 2.15. The van der Waals surface area contributed by atoms with Crippen LogP contribution in [-0.2, 0) is 21.3 Å². The van der Waals surface area contributed by atoms with Gasteiger partial charge in [0.15, 0.2) is 0 Å². The van der Waals surface area contributed by atoms with Crippen molar-refractivity contribution in [2.24, 2.45) is 0 Å². The van der Waals surface area contributed by atoms with Crippen molar-refractivity contribution in [3.05, 3.63) is 89.7 Å². The van der Waals surface area contributed by atoms with Gasteiger partial charge in [-0.1, -0.05) is 18.2 Å². The number of anilines is 2. The molecule has 0 atom stereocenters. The van der Waals surface area contributed by atoms with Crippen LogP contribution in [0.4, 0.5) is 15.8 Å². The van der Waals surface area contributed by atoms with Crippen molar-refractivity contribution in [1.29, 1.82) is 0 Å². The van der Waals surface area contributed by atoms with Gasteiger partial charge in [0.25, 0.3) is 15.9 Å². The van der Waals surface area contributed by atoms with Crippen molar-refractivity contribution >= 4 is 27.3 Å². The van der Waals surface area contributed by atoms with E-state index in [-0.39, 0.29) is 16.5 Å². The van der Waals surface area contributed by atoms with Gasteiger partial charge < -0.3 is 10.1 Å². The molecule has 1 heterocycles. The number of sulfonamides is 1. The van der Waals surface area contributed by atoms with Crippen LogP contribution in [0.25, 0.3) is 0 Å². The van der Waals surface area contributed by atoms with E-state index in [4.69, 9.17) is 4.74 Å². The van der Waals surface area contributed by atoms with E-state index in [9.17, 15) is 17.6 Å². The molecule has 4 rings (SSSR count). The topological polar surface area (TPSA) is 87.7 Å². The minimum atomic E-state index is -3.89. The van der Waals surface area contributed by atoms with Crippen molar-refractivity contribution < 1.29 is 22.3 Å². The maximum absolute atomic E-state index is 13.3. The summed E-state index contributed by atoms with van der Waals surface area (Å²) in [6.07, 6.45) is 0. The molecule has 1 amide bonds. The Bertz CT molecular complexity index is 1230. The molecule has 9 heteroatoms. The molecule has 1 aliphatic rings. The summed E-state index contributed by atoms with van der Waals surface area (Å²) in [7, 11) is -3.89. The first-order valence-corrected chi connectivity index (χ1v) is 12.0. The molecule has 3 aromatic carbocycles. The largest absolute Gasteiger partial charge is 0.379 e. The maximum atomic E-state index is 13.3. The Balaban J connectivity index is 1.40. The molecule has 0 spiro atoms. The second-order valence-electron chi connectivity index (χ2n) is 7.68. The standard InChI is InChI=1S/C24H24FN3O4S/c25-20-5-2-6-22(16-20)27-33(30,31)23-9-7-21(8-10-23)26-24(29)19-4-1-3-18(15-19)17-28-11-13-32-14-12-28/h1-10,15-16,27H,11-14,17H2,(H,26,29). The molecular formula is C24H24FN3O4S. The van der Waals surface area contributed by atoms with Crippen molar-refractivity contribution in [2.45, 2.75) is 11.4 Å². The normalized spacial score (nSPS) is 14.6. The quantitative estimate of drug-likeness (QED) is 0.551. The van der Waals surface area contributed by atoms with Gasteiger partial charge in [-0.3, -0.25) is 14.4 Å².